The van der Waals surface area contributed by atoms with E-state index in [9.17, 15) is 32.3 Å². The minimum atomic E-state index is -4.89. The van der Waals surface area contributed by atoms with Crippen LogP contribution in [0.15, 0.2) is 47.0 Å². The molecule has 2 aliphatic carbocycles. The lowest BCUT2D eigenvalue weighted by molar-refractivity contribution is -0.274. The number of anilines is 1. The number of hydrogen-bond acceptors (Lipinski definition) is 6. The van der Waals surface area contributed by atoms with Crippen molar-refractivity contribution < 1.29 is 46.3 Å². The number of rotatable bonds is 11. The van der Waals surface area contributed by atoms with Crippen molar-refractivity contribution in [1.29, 1.82) is 0 Å². The predicted molar refractivity (Wildman–Crippen MR) is 138 cm³/mol. The summed E-state index contributed by atoms with van der Waals surface area (Å²) in [4.78, 5) is 24.4. The molecule has 218 valence electrons. The summed E-state index contributed by atoms with van der Waals surface area (Å²) < 4.78 is 69.1. The summed E-state index contributed by atoms with van der Waals surface area (Å²) in [6, 6.07) is 8.86. The first-order valence-electron chi connectivity index (χ1n) is 13.3. The molecule has 1 heterocycles. The summed E-state index contributed by atoms with van der Waals surface area (Å²) in [5.41, 5.74) is 0.497. The van der Waals surface area contributed by atoms with E-state index < -0.39 is 35.7 Å². The highest BCUT2D eigenvalue weighted by Gasteiger charge is 2.45. The minimum Gasteiger partial charge on any atom is -0.478 e. The van der Waals surface area contributed by atoms with E-state index >= 15 is 0 Å². The van der Waals surface area contributed by atoms with E-state index in [1.807, 2.05) is 6.92 Å². The van der Waals surface area contributed by atoms with Crippen molar-refractivity contribution in [2.75, 3.05) is 11.9 Å². The second-order valence-electron chi connectivity index (χ2n) is 10.4. The topological polar surface area (TPSA) is 111 Å². The third-order valence-electron chi connectivity index (χ3n) is 7.63. The van der Waals surface area contributed by atoms with Gasteiger partial charge in [-0.2, -0.15) is 0 Å². The molecule has 1 amide bonds. The summed E-state index contributed by atoms with van der Waals surface area (Å²) >= 11 is 0. The monoisotopic (exact) mass is 576 g/mol. The number of aromatic carboxylic acids is 1. The normalized spacial score (nSPS) is 20.4. The number of para-hydroxylation sites is 1. The third kappa shape index (κ3) is 6.37. The van der Waals surface area contributed by atoms with Crippen LogP contribution < -0.4 is 10.1 Å². The van der Waals surface area contributed by atoms with Crippen molar-refractivity contribution in [3.63, 3.8) is 0 Å². The molecule has 2 aliphatic rings. The maximum atomic E-state index is 14.3. The summed E-state index contributed by atoms with van der Waals surface area (Å²) in [6.45, 7) is 2.11. The molecule has 2 N–H and O–H groups in total. The van der Waals surface area contributed by atoms with Crippen LogP contribution >= 0.6 is 0 Å². The average molecular weight is 577 g/mol. The Morgan fingerprint density at radius 2 is 1.90 bits per heavy atom. The number of halogens is 4. The Balaban J connectivity index is 1.30. The molecule has 41 heavy (non-hydrogen) atoms. The fraction of sp³-hybridized carbons (Fsp3) is 0.414. The number of carboxylic acid groups (broad SMARTS) is 1. The van der Waals surface area contributed by atoms with Gasteiger partial charge in [0.15, 0.2) is 0 Å². The number of benzene rings is 2. The summed E-state index contributed by atoms with van der Waals surface area (Å²) in [5, 5.41) is 15.8. The molecule has 3 atom stereocenters. The molecule has 3 aromatic rings. The molecule has 2 saturated carbocycles. The van der Waals surface area contributed by atoms with Crippen LogP contribution in [-0.4, -0.2) is 35.1 Å². The van der Waals surface area contributed by atoms with Crippen molar-refractivity contribution in [3.8, 4) is 17.0 Å². The van der Waals surface area contributed by atoms with Crippen LogP contribution in [0.25, 0.3) is 11.3 Å². The summed E-state index contributed by atoms with van der Waals surface area (Å²) in [6.07, 6.45) is -1.75. The molecule has 12 heteroatoms. The van der Waals surface area contributed by atoms with Crippen LogP contribution in [-0.2, 0) is 16.1 Å². The van der Waals surface area contributed by atoms with E-state index in [0.717, 1.165) is 31.0 Å². The van der Waals surface area contributed by atoms with E-state index in [0.29, 0.717) is 24.2 Å². The maximum absolute atomic E-state index is 14.3. The van der Waals surface area contributed by atoms with Crippen LogP contribution in [0.4, 0.5) is 23.2 Å². The Bertz CT molecular complexity index is 1430. The predicted octanol–water partition coefficient (Wildman–Crippen LogP) is 6.77. The van der Waals surface area contributed by atoms with Crippen LogP contribution in [0, 0.1) is 23.6 Å². The standard InChI is InChI=1S/C29H28F4N2O6/c1-2-15-11-18(24(15)27(36)34-22-12-17(28(37)38)9-10-21(22)30)13-39-14-20-25(35-41-26(20)16-7-8-16)19-5-3-4-6-23(19)40-29(31,32)33/h3-6,9-10,12,15-16,18,24H,2,7-8,11,13-14H2,1H3,(H,34,36)(H,37,38). The van der Waals surface area contributed by atoms with Gasteiger partial charge in [-0.1, -0.05) is 30.6 Å². The van der Waals surface area contributed by atoms with Crippen LogP contribution in [0.1, 0.15) is 60.2 Å². The van der Waals surface area contributed by atoms with Gasteiger partial charge >= 0.3 is 12.3 Å². The molecule has 5 rings (SSSR count). The van der Waals surface area contributed by atoms with E-state index in [-0.39, 0.29) is 53.5 Å². The van der Waals surface area contributed by atoms with Crippen molar-refractivity contribution >= 4 is 17.6 Å². The number of carboxylic acids is 1. The number of carbonyl (C=O) groups excluding carboxylic acids is 1. The first-order valence-corrected chi connectivity index (χ1v) is 13.3. The van der Waals surface area contributed by atoms with Gasteiger partial charge in [0.05, 0.1) is 24.5 Å². The molecule has 2 aromatic carbocycles. The number of nitrogens with zero attached hydrogens (tertiary/aromatic N) is 1. The fourth-order valence-electron chi connectivity index (χ4n) is 5.39. The van der Waals surface area contributed by atoms with Crippen molar-refractivity contribution in [2.45, 2.75) is 51.5 Å². The van der Waals surface area contributed by atoms with Crippen LogP contribution in [0.3, 0.4) is 0 Å². The second-order valence-corrected chi connectivity index (χ2v) is 10.4. The van der Waals surface area contributed by atoms with Gasteiger partial charge in [-0.25, -0.2) is 9.18 Å². The van der Waals surface area contributed by atoms with Gasteiger partial charge in [0.2, 0.25) is 5.91 Å². The molecule has 8 nitrogen and oxygen atoms in total. The largest absolute Gasteiger partial charge is 0.573 e. The molecular weight excluding hydrogens is 548 g/mol. The maximum Gasteiger partial charge on any atom is 0.573 e. The second kappa shape index (κ2) is 11.5. The van der Waals surface area contributed by atoms with Gasteiger partial charge in [0, 0.05) is 23.0 Å². The molecular formula is C29H28F4N2O6. The quantitative estimate of drug-likeness (QED) is 0.242. The SMILES string of the molecule is CCC1CC(COCc2c(-c3ccccc3OC(F)(F)F)noc2C2CC2)C1C(=O)Nc1cc(C(=O)O)ccc1F. The number of carbonyl (C=O) groups is 2. The molecule has 2 fully saturated rings. The van der Waals surface area contributed by atoms with Crippen molar-refractivity contribution in [1.82, 2.24) is 5.16 Å². The van der Waals surface area contributed by atoms with Crippen LogP contribution in [0.5, 0.6) is 5.75 Å². The fourth-order valence-corrected chi connectivity index (χ4v) is 5.39. The lowest BCUT2D eigenvalue weighted by Gasteiger charge is -2.43. The molecule has 3 unspecified atom stereocenters. The zero-order valence-corrected chi connectivity index (χ0v) is 22.0. The zero-order chi connectivity index (χ0) is 29.3. The van der Waals surface area contributed by atoms with Gasteiger partial charge in [-0.15, -0.1) is 13.2 Å². The summed E-state index contributed by atoms with van der Waals surface area (Å²) in [7, 11) is 0. The lowest BCUT2D eigenvalue weighted by atomic mass is 9.63. The van der Waals surface area contributed by atoms with E-state index in [4.69, 9.17) is 9.26 Å². The van der Waals surface area contributed by atoms with Gasteiger partial charge < -0.3 is 24.4 Å². The zero-order valence-electron chi connectivity index (χ0n) is 22.0. The number of aromatic nitrogens is 1. The van der Waals surface area contributed by atoms with E-state index in [1.54, 1.807) is 6.07 Å². The Hall–Kier alpha value is -3.93. The highest BCUT2D eigenvalue weighted by atomic mass is 19.4. The third-order valence-corrected chi connectivity index (χ3v) is 7.63. The van der Waals surface area contributed by atoms with Gasteiger partial charge in [0.25, 0.3) is 0 Å². The molecule has 0 bridgehead atoms. The van der Waals surface area contributed by atoms with Crippen LogP contribution in [0.2, 0.25) is 0 Å². The molecule has 0 saturated heterocycles. The number of nitrogens with one attached hydrogen (secondary N) is 1. The van der Waals surface area contributed by atoms with Crippen molar-refractivity contribution in [3.05, 3.63) is 65.2 Å². The Morgan fingerprint density at radius 1 is 1.15 bits per heavy atom. The van der Waals surface area contributed by atoms with E-state index in [2.05, 4.69) is 15.2 Å². The number of ether oxygens (including phenoxy) is 2. The molecule has 0 aliphatic heterocycles. The Labute approximate surface area is 232 Å². The number of alkyl halides is 3. The first kappa shape index (κ1) is 28.6. The van der Waals surface area contributed by atoms with Gasteiger partial charge in [-0.05, 0) is 61.4 Å². The Morgan fingerprint density at radius 3 is 2.59 bits per heavy atom. The Kier molecular flexibility index (Phi) is 8.03. The molecule has 0 spiro atoms. The van der Waals surface area contributed by atoms with Crippen molar-refractivity contribution in [2.24, 2.45) is 17.8 Å². The van der Waals surface area contributed by atoms with E-state index in [1.165, 1.54) is 18.2 Å². The smallest absolute Gasteiger partial charge is 0.478 e. The molecule has 1 aromatic heterocycles. The first-order chi connectivity index (χ1) is 19.6. The highest BCUT2D eigenvalue weighted by Crippen LogP contribution is 2.47. The number of amides is 1. The minimum absolute atomic E-state index is 0.00192. The van der Waals surface area contributed by atoms with Gasteiger partial charge in [0.1, 0.15) is 23.0 Å². The molecule has 0 radical (unpaired) electrons. The highest BCUT2D eigenvalue weighted by molar-refractivity contribution is 5.95. The average Bonchev–Trinajstić information content (AvgIpc) is 3.66. The number of hydrogen-bond donors (Lipinski definition) is 2. The lowest BCUT2D eigenvalue weighted by Crippen LogP contribution is -2.46. The van der Waals surface area contributed by atoms with Gasteiger partial charge in [-0.3, -0.25) is 4.79 Å². The summed E-state index contributed by atoms with van der Waals surface area (Å²) in [5.74, 6) is -2.80.